The molecule has 68 valence electrons. The Bertz CT molecular complexity index is 214. The summed E-state index contributed by atoms with van der Waals surface area (Å²) in [5.74, 6) is -0.934. The molecule has 0 aromatic rings. The molecule has 1 N–H and O–H groups in total. The first-order valence-electron chi connectivity index (χ1n) is 3.57. The minimum absolute atomic E-state index is 0.198. The van der Waals surface area contributed by atoms with Gasteiger partial charge in [-0.3, -0.25) is 0 Å². The van der Waals surface area contributed by atoms with Crippen LogP contribution in [-0.2, 0) is 9.63 Å². The molecule has 0 aliphatic heterocycles. The van der Waals surface area contributed by atoms with E-state index in [9.17, 15) is 4.79 Å². The third-order valence-electron chi connectivity index (χ3n) is 1.05. The Morgan fingerprint density at radius 1 is 1.50 bits per heavy atom. The Kier molecular flexibility index (Phi) is 4.76. The van der Waals surface area contributed by atoms with E-state index in [4.69, 9.17) is 9.94 Å². The monoisotopic (exact) mass is 171 g/mol. The van der Waals surface area contributed by atoms with Gasteiger partial charge in [0.15, 0.2) is 0 Å². The second-order valence-electron chi connectivity index (χ2n) is 2.53. The van der Waals surface area contributed by atoms with E-state index in [1.165, 1.54) is 13.0 Å². The molecule has 0 rings (SSSR count). The first-order chi connectivity index (χ1) is 5.54. The van der Waals surface area contributed by atoms with E-state index in [-0.39, 0.29) is 12.2 Å². The molecule has 4 heteroatoms. The highest BCUT2D eigenvalue weighted by Crippen LogP contribution is 1.92. The van der Waals surface area contributed by atoms with Crippen LogP contribution in [0.1, 0.15) is 20.8 Å². The number of hydrogen-bond acceptors (Lipinski definition) is 3. The van der Waals surface area contributed by atoms with Crippen molar-refractivity contribution in [3.63, 3.8) is 0 Å². The van der Waals surface area contributed by atoms with Crippen LogP contribution in [0.2, 0.25) is 0 Å². The highest BCUT2D eigenvalue weighted by Gasteiger charge is 1.97. The Morgan fingerprint density at radius 2 is 2.08 bits per heavy atom. The predicted octanol–water partition coefficient (Wildman–Crippen LogP) is 1.43. The lowest BCUT2D eigenvalue weighted by atomic mass is 10.3. The molecule has 0 bridgehead atoms. The molecule has 0 heterocycles. The van der Waals surface area contributed by atoms with Crippen LogP contribution < -0.4 is 0 Å². The molecule has 0 amide bonds. The van der Waals surface area contributed by atoms with E-state index < -0.39 is 5.97 Å². The maximum Gasteiger partial charge on any atom is 0.331 e. The molecule has 0 radical (unpaired) electrons. The molecule has 0 fully saturated rings. The molecule has 0 aromatic carbocycles. The zero-order valence-electron chi connectivity index (χ0n) is 7.50. The molecule has 0 unspecified atom stereocenters. The first kappa shape index (κ1) is 10.7. The van der Waals surface area contributed by atoms with E-state index in [0.717, 1.165) is 5.71 Å². The summed E-state index contributed by atoms with van der Waals surface area (Å²) >= 11 is 0. The number of nitrogens with zero attached hydrogens (tertiary/aromatic N) is 1. The van der Waals surface area contributed by atoms with Crippen molar-refractivity contribution in [1.29, 1.82) is 0 Å². The first-order valence-corrected chi connectivity index (χ1v) is 3.57. The van der Waals surface area contributed by atoms with Crippen molar-refractivity contribution < 1.29 is 14.7 Å². The van der Waals surface area contributed by atoms with E-state index in [2.05, 4.69) is 5.16 Å². The van der Waals surface area contributed by atoms with Gasteiger partial charge in [-0.1, -0.05) is 5.16 Å². The topological polar surface area (TPSA) is 58.9 Å². The van der Waals surface area contributed by atoms with Crippen LogP contribution in [0, 0.1) is 0 Å². The van der Waals surface area contributed by atoms with Crippen molar-refractivity contribution >= 4 is 11.7 Å². The maximum atomic E-state index is 10.3. The van der Waals surface area contributed by atoms with Gasteiger partial charge in [0, 0.05) is 5.57 Å². The summed E-state index contributed by atoms with van der Waals surface area (Å²) in [5, 5.41) is 12.1. The average Bonchev–Trinajstić information content (AvgIpc) is 1.97. The fourth-order valence-electron chi connectivity index (χ4n) is 0.416. The summed E-state index contributed by atoms with van der Waals surface area (Å²) in [6.07, 6.45) is 1.47. The van der Waals surface area contributed by atoms with Crippen LogP contribution in [-0.4, -0.2) is 23.4 Å². The number of carboxylic acid groups (broad SMARTS) is 1. The standard InChI is InChI=1S/C8H13NO3/c1-6(2)9-12-5-4-7(3)8(10)11/h4H,5H2,1-3H3,(H,10,11)/b7-4-. The van der Waals surface area contributed by atoms with Gasteiger partial charge in [0.25, 0.3) is 0 Å². The van der Waals surface area contributed by atoms with Crippen molar-refractivity contribution in [3.8, 4) is 0 Å². The Labute approximate surface area is 71.5 Å². The van der Waals surface area contributed by atoms with Gasteiger partial charge in [0.2, 0.25) is 0 Å². The van der Waals surface area contributed by atoms with Crippen LogP contribution in [0.3, 0.4) is 0 Å². The Morgan fingerprint density at radius 3 is 2.50 bits per heavy atom. The molecular weight excluding hydrogens is 158 g/mol. The van der Waals surface area contributed by atoms with Crippen LogP contribution in [0.5, 0.6) is 0 Å². The Hall–Kier alpha value is -1.32. The third-order valence-corrected chi connectivity index (χ3v) is 1.05. The maximum absolute atomic E-state index is 10.3. The normalized spacial score (nSPS) is 10.8. The quantitative estimate of drug-likeness (QED) is 0.301. The number of hydrogen-bond donors (Lipinski definition) is 1. The lowest BCUT2D eigenvalue weighted by molar-refractivity contribution is -0.132. The van der Waals surface area contributed by atoms with Gasteiger partial charge < -0.3 is 9.94 Å². The minimum Gasteiger partial charge on any atom is -0.478 e. The molecule has 0 spiro atoms. The van der Waals surface area contributed by atoms with Gasteiger partial charge in [-0.15, -0.1) is 0 Å². The number of carbonyl (C=O) groups is 1. The molecule has 0 atom stereocenters. The van der Waals surface area contributed by atoms with Gasteiger partial charge >= 0.3 is 5.97 Å². The summed E-state index contributed by atoms with van der Waals surface area (Å²) < 4.78 is 0. The molecule has 0 aliphatic carbocycles. The summed E-state index contributed by atoms with van der Waals surface area (Å²) in [5.41, 5.74) is 1.07. The highest BCUT2D eigenvalue weighted by molar-refractivity contribution is 5.85. The highest BCUT2D eigenvalue weighted by atomic mass is 16.6. The van der Waals surface area contributed by atoms with Gasteiger partial charge in [-0.2, -0.15) is 0 Å². The third kappa shape index (κ3) is 5.46. The molecule has 0 aliphatic rings. The van der Waals surface area contributed by atoms with Gasteiger partial charge in [-0.25, -0.2) is 4.79 Å². The van der Waals surface area contributed by atoms with Crippen molar-refractivity contribution in [2.24, 2.45) is 5.16 Å². The van der Waals surface area contributed by atoms with Crippen molar-refractivity contribution in [3.05, 3.63) is 11.6 Å². The fraction of sp³-hybridized carbons (Fsp3) is 0.500. The number of aliphatic carboxylic acids is 1. The van der Waals surface area contributed by atoms with E-state index in [0.29, 0.717) is 0 Å². The predicted molar refractivity (Wildman–Crippen MR) is 46.1 cm³/mol. The average molecular weight is 171 g/mol. The van der Waals surface area contributed by atoms with E-state index in [1.807, 2.05) is 0 Å². The van der Waals surface area contributed by atoms with Crippen molar-refractivity contribution in [1.82, 2.24) is 0 Å². The zero-order chi connectivity index (χ0) is 9.56. The van der Waals surface area contributed by atoms with Crippen LogP contribution in [0.15, 0.2) is 16.8 Å². The fourth-order valence-corrected chi connectivity index (χ4v) is 0.416. The van der Waals surface area contributed by atoms with Crippen molar-refractivity contribution in [2.75, 3.05) is 6.61 Å². The van der Waals surface area contributed by atoms with Gasteiger partial charge in [0.05, 0.1) is 5.71 Å². The second kappa shape index (κ2) is 5.35. The lowest BCUT2D eigenvalue weighted by Crippen LogP contribution is -1.98. The van der Waals surface area contributed by atoms with E-state index >= 15 is 0 Å². The molecule has 4 nitrogen and oxygen atoms in total. The summed E-state index contributed by atoms with van der Waals surface area (Å²) in [7, 11) is 0. The van der Waals surface area contributed by atoms with Crippen LogP contribution in [0.25, 0.3) is 0 Å². The van der Waals surface area contributed by atoms with Crippen LogP contribution in [0.4, 0.5) is 0 Å². The lowest BCUT2D eigenvalue weighted by Gasteiger charge is -1.95. The Balaban J connectivity index is 3.75. The smallest absolute Gasteiger partial charge is 0.331 e. The SMILES string of the molecule is CC(C)=NOC/C=C(/C)C(=O)O. The summed E-state index contributed by atoms with van der Waals surface area (Å²) in [6.45, 7) is 5.30. The number of rotatable bonds is 4. The summed E-state index contributed by atoms with van der Waals surface area (Å²) in [6, 6.07) is 0. The van der Waals surface area contributed by atoms with E-state index in [1.54, 1.807) is 13.8 Å². The molecule has 0 saturated heterocycles. The largest absolute Gasteiger partial charge is 0.478 e. The molecule has 0 saturated carbocycles. The van der Waals surface area contributed by atoms with Crippen LogP contribution >= 0.6 is 0 Å². The van der Waals surface area contributed by atoms with Gasteiger partial charge in [-0.05, 0) is 26.8 Å². The molecular formula is C8H13NO3. The summed E-state index contributed by atoms with van der Waals surface area (Å²) in [4.78, 5) is 15.0. The zero-order valence-corrected chi connectivity index (χ0v) is 7.50. The molecule has 12 heavy (non-hydrogen) atoms. The minimum atomic E-state index is -0.934. The van der Waals surface area contributed by atoms with Crippen molar-refractivity contribution in [2.45, 2.75) is 20.8 Å². The number of oxime groups is 1. The number of carboxylic acids is 1. The molecule has 0 aromatic heterocycles. The second-order valence-corrected chi connectivity index (χ2v) is 2.53. The van der Waals surface area contributed by atoms with Gasteiger partial charge in [0.1, 0.15) is 6.61 Å².